The van der Waals surface area contributed by atoms with E-state index in [1.165, 1.54) is 12.4 Å². The Morgan fingerprint density at radius 2 is 1.77 bits per heavy atom. The fraction of sp³-hybridized carbons (Fsp3) is 0.250. The van der Waals surface area contributed by atoms with Crippen LogP contribution in [0, 0.1) is 5.92 Å². The standard InChI is InChI=1S/C28H28N4O3/c1-2-27(33)32-15-6-7-21(18-32)17-31-16-14-26-25(19-31)28(30-20-29-26)35-24-12-10-23(11-13-24)34-22-8-4-3-5-9-22/h2-5,8-14,16,20-21H,1,6-7,15,17-19H2. The van der Waals surface area contributed by atoms with Crippen molar-refractivity contribution in [3.8, 4) is 23.1 Å². The first kappa shape index (κ1) is 22.7. The molecule has 7 nitrogen and oxygen atoms in total. The van der Waals surface area contributed by atoms with Gasteiger partial charge in [-0.15, -0.1) is 0 Å². The maximum absolute atomic E-state index is 12.0. The van der Waals surface area contributed by atoms with Gasteiger partial charge >= 0.3 is 0 Å². The van der Waals surface area contributed by atoms with Gasteiger partial charge in [0.1, 0.15) is 23.6 Å². The van der Waals surface area contributed by atoms with Crippen molar-refractivity contribution in [2.45, 2.75) is 19.4 Å². The lowest BCUT2D eigenvalue weighted by molar-refractivity contribution is -0.127. The van der Waals surface area contributed by atoms with Crippen LogP contribution >= 0.6 is 0 Å². The van der Waals surface area contributed by atoms with Crippen molar-refractivity contribution in [2.24, 2.45) is 5.92 Å². The molecule has 7 heteroatoms. The van der Waals surface area contributed by atoms with Gasteiger partial charge in [-0.1, -0.05) is 24.8 Å². The summed E-state index contributed by atoms with van der Waals surface area (Å²) in [6.07, 6.45) is 9.12. The van der Waals surface area contributed by atoms with E-state index < -0.39 is 0 Å². The summed E-state index contributed by atoms with van der Waals surface area (Å²) >= 11 is 0. The maximum atomic E-state index is 12.0. The fourth-order valence-electron chi connectivity index (χ4n) is 4.53. The smallest absolute Gasteiger partial charge is 0.245 e. The number of rotatable bonds is 7. The molecular weight excluding hydrogens is 440 g/mol. The van der Waals surface area contributed by atoms with Gasteiger partial charge in [0.15, 0.2) is 0 Å². The predicted molar refractivity (Wildman–Crippen MR) is 134 cm³/mol. The molecule has 1 aromatic heterocycles. The van der Waals surface area contributed by atoms with Crippen LogP contribution in [0.4, 0.5) is 0 Å². The minimum absolute atomic E-state index is 0.0125. The number of hydrogen-bond donors (Lipinski definition) is 0. The second kappa shape index (κ2) is 10.4. The Balaban J connectivity index is 1.24. The quantitative estimate of drug-likeness (QED) is 0.440. The average Bonchev–Trinajstić information content (AvgIpc) is 2.90. The molecule has 35 heavy (non-hydrogen) atoms. The first-order valence-electron chi connectivity index (χ1n) is 11.9. The van der Waals surface area contributed by atoms with Gasteiger partial charge in [0.2, 0.25) is 11.8 Å². The van der Waals surface area contributed by atoms with Gasteiger partial charge in [-0.2, -0.15) is 0 Å². The number of amides is 1. The highest BCUT2D eigenvalue weighted by molar-refractivity contribution is 5.87. The molecule has 3 aromatic rings. The van der Waals surface area contributed by atoms with Crippen molar-refractivity contribution < 1.29 is 14.3 Å². The summed E-state index contributed by atoms with van der Waals surface area (Å²) in [7, 11) is 0. The highest BCUT2D eigenvalue weighted by atomic mass is 16.5. The van der Waals surface area contributed by atoms with Crippen LogP contribution in [0.15, 0.2) is 79.8 Å². The molecule has 0 radical (unpaired) electrons. The van der Waals surface area contributed by atoms with Crippen molar-refractivity contribution in [1.29, 1.82) is 0 Å². The minimum atomic E-state index is 0.0125. The van der Waals surface area contributed by atoms with E-state index in [4.69, 9.17) is 9.47 Å². The van der Waals surface area contributed by atoms with Crippen LogP contribution in [-0.4, -0.2) is 45.3 Å². The Hall–Kier alpha value is -4.13. The molecule has 0 aliphatic carbocycles. The molecule has 178 valence electrons. The molecular formula is C28H28N4O3. The Morgan fingerprint density at radius 1 is 1.03 bits per heavy atom. The normalized spacial score (nSPS) is 17.0. The first-order chi connectivity index (χ1) is 17.2. The molecule has 1 atom stereocenters. The zero-order valence-corrected chi connectivity index (χ0v) is 19.5. The van der Waals surface area contributed by atoms with Crippen molar-refractivity contribution in [3.05, 3.63) is 91.0 Å². The number of benzene rings is 2. The molecule has 1 amide bonds. The number of likely N-dealkylation sites (tertiary alicyclic amines) is 1. The summed E-state index contributed by atoms with van der Waals surface area (Å²) in [6.45, 7) is 6.70. The third-order valence-corrected chi connectivity index (χ3v) is 6.26. The molecule has 1 saturated heterocycles. The lowest BCUT2D eigenvalue weighted by Crippen LogP contribution is -2.42. The van der Waals surface area contributed by atoms with Gasteiger partial charge in [-0.3, -0.25) is 4.79 Å². The van der Waals surface area contributed by atoms with Crippen LogP contribution in [0.2, 0.25) is 0 Å². The molecule has 0 spiro atoms. The van der Waals surface area contributed by atoms with E-state index in [-0.39, 0.29) is 5.91 Å². The van der Waals surface area contributed by atoms with Crippen molar-refractivity contribution in [2.75, 3.05) is 19.6 Å². The van der Waals surface area contributed by atoms with Crippen LogP contribution < -0.4 is 9.47 Å². The van der Waals surface area contributed by atoms with Crippen molar-refractivity contribution in [3.63, 3.8) is 0 Å². The van der Waals surface area contributed by atoms with Gasteiger partial charge in [-0.25, -0.2) is 9.97 Å². The number of para-hydroxylation sites is 1. The molecule has 1 fully saturated rings. The van der Waals surface area contributed by atoms with E-state index in [0.717, 1.165) is 55.2 Å². The molecule has 2 aliphatic heterocycles. The zero-order chi connectivity index (χ0) is 24.0. The predicted octanol–water partition coefficient (Wildman–Crippen LogP) is 5.27. The lowest BCUT2D eigenvalue weighted by atomic mass is 9.96. The number of ether oxygens (including phenoxy) is 2. The van der Waals surface area contributed by atoms with E-state index in [0.29, 0.717) is 24.1 Å². The topological polar surface area (TPSA) is 67.8 Å². The number of fused-ring (bicyclic) bond motifs is 1. The van der Waals surface area contributed by atoms with E-state index in [1.807, 2.05) is 65.6 Å². The van der Waals surface area contributed by atoms with Gasteiger partial charge in [-0.05, 0) is 67.3 Å². The van der Waals surface area contributed by atoms with Crippen molar-refractivity contribution >= 4 is 12.0 Å². The van der Waals surface area contributed by atoms with E-state index in [2.05, 4.69) is 27.6 Å². The van der Waals surface area contributed by atoms with Gasteiger partial charge < -0.3 is 19.3 Å². The van der Waals surface area contributed by atoms with E-state index in [1.54, 1.807) is 0 Å². The number of piperidine rings is 1. The molecule has 0 bridgehead atoms. The summed E-state index contributed by atoms with van der Waals surface area (Å²) in [5.41, 5.74) is 1.82. The van der Waals surface area contributed by atoms with Crippen LogP contribution in [0.5, 0.6) is 23.1 Å². The summed E-state index contributed by atoms with van der Waals surface area (Å²) in [6, 6.07) is 17.2. The minimum Gasteiger partial charge on any atom is -0.457 e. The molecule has 0 N–H and O–H groups in total. The Bertz CT molecular complexity index is 1210. The number of carbonyl (C=O) groups excluding carboxylic acids is 1. The highest BCUT2D eigenvalue weighted by Crippen LogP contribution is 2.31. The van der Waals surface area contributed by atoms with E-state index in [9.17, 15) is 4.79 Å². The Morgan fingerprint density at radius 3 is 2.54 bits per heavy atom. The number of nitrogens with zero attached hydrogens (tertiary/aromatic N) is 4. The highest BCUT2D eigenvalue weighted by Gasteiger charge is 2.25. The Labute approximate surface area is 205 Å². The second-order valence-electron chi connectivity index (χ2n) is 8.77. The van der Waals surface area contributed by atoms with Crippen molar-refractivity contribution in [1.82, 2.24) is 19.8 Å². The maximum Gasteiger partial charge on any atom is 0.245 e. The zero-order valence-electron chi connectivity index (χ0n) is 19.5. The molecule has 5 rings (SSSR count). The third kappa shape index (κ3) is 5.51. The summed E-state index contributed by atoms with van der Waals surface area (Å²) < 4.78 is 12.0. The fourth-order valence-corrected chi connectivity index (χ4v) is 4.53. The average molecular weight is 469 g/mol. The number of hydrogen-bond acceptors (Lipinski definition) is 6. The first-order valence-corrected chi connectivity index (χ1v) is 11.9. The molecule has 2 aliphatic rings. The SMILES string of the molecule is C=CC(=O)N1CCCC(CN2C=Cc3ncnc(Oc4ccc(Oc5ccccc5)cc4)c3C2)C1. The van der Waals surface area contributed by atoms with E-state index >= 15 is 0 Å². The van der Waals surface area contributed by atoms with Crippen LogP contribution in [0.25, 0.3) is 6.08 Å². The van der Waals surface area contributed by atoms with Crippen LogP contribution in [0.1, 0.15) is 24.1 Å². The van der Waals surface area contributed by atoms with Crippen LogP contribution in [-0.2, 0) is 11.3 Å². The molecule has 0 saturated carbocycles. The number of aromatic nitrogens is 2. The molecule has 3 heterocycles. The summed E-state index contributed by atoms with van der Waals surface area (Å²) in [4.78, 5) is 25.0. The van der Waals surface area contributed by atoms with Gasteiger partial charge in [0.05, 0.1) is 11.3 Å². The lowest BCUT2D eigenvalue weighted by Gasteiger charge is -2.36. The Kier molecular flexibility index (Phi) is 6.75. The third-order valence-electron chi connectivity index (χ3n) is 6.26. The summed E-state index contributed by atoms with van der Waals surface area (Å²) in [5, 5.41) is 0. The molecule has 2 aromatic carbocycles. The monoisotopic (exact) mass is 468 g/mol. The largest absolute Gasteiger partial charge is 0.457 e. The molecule has 1 unspecified atom stereocenters. The van der Waals surface area contributed by atoms with Crippen LogP contribution in [0.3, 0.4) is 0 Å². The van der Waals surface area contributed by atoms with Gasteiger partial charge in [0.25, 0.3) is 0 Å². The van der Waals surface area contributed by atoms with Gasteiger partial charge in [0, 0.05) is 32.4 Å². The number of carbonyl (C=O) groups is 1. The summed E-state index contributed by atoms with van der Waals surface area (Å²) in [5.74, 6) is 3.17. The second-order valence-corrected chi connectivity index (χ2v) is 8.77.